The second kappa shape index (κ2) is 6.00. The lowest BCUT2D eigenvalue weighted by Crippen LogP contribution is -2.39. The summed E-state index contributed by atoms with van der Waals surface area (Å²) in [5.74, 6) is 1.07. The third-order valence-corrected chi connectivity index (χ3v) is 4.23. The summed E-state index contributed by atoms with van der Waals surface area (Å²) in [4.78, 5) is 9.43. The number of likely N-dealkylation sites (tertiary alicyclic amines) is 1. The summed E-state index contributed by atoms with van der Waals surface area (Å²) < 4.78 is 0. The highest BCUT2D eigenvalue weighted by Gasteiger charge is 2.18. The zero-order valence-corrected chi connectivity index (χ0v) is 12.9. The normalized spacial score (nSPS) is 17.3. The van der Waals surface area contributed by atoms with Crippen molar-refractivity contribution in [2.45, 2.75) is 25.4 Å². The largest absolute Gasteiger partial charge is 0.362 e. The summed E-state index contributed by atoms with van der Waals surface area (Å²) in [6.45, 7) is 3.12. The quantitative estimate of drug-likeness (QED) is 0.939. The maximum atomic E-state index is 6.00. The van der Waals surface area contributed by atoms with Crippen molar-refractivity contribution in [3.8, 4) is 0 Å². The summed E-state index contributed by atoms with van der Waals surface area (Å²) in [6, 6.07) is 11.0. The molecule has 0 unspecified atom stereocenters. The highest BCUT2D eigenvalue weighted by Crippen LogP contribution is 2.24. The molecule has 1 aromatic carbocycles. The van der Waals surface area contributed by atoms with Crippen molar-refractivity contribution < 1.29 is 0 Å². The van der Waals surface area contributed by atoms with Gasteiger partial charge in [-0.05, 0) is 38.1 Å². The first-order valence-corrected chi connectivity index (χ1v) is 7.67. The zero-order valence-electron chi connectivity index (χ0n) is 12.9. The SMILES string of the molecule is CN(C)c1nc2ccccc2cc1CN1CCC(N)CC1. The molecule has 4 heteroatoms. The van der Waals surface area contributed by atoms with E-state index in [0.29, 0.717) is 6.04 Å². The third kappa shape index (κ3) is 3.17. The van der Waals surface area contributed by atoms with Crippen LogP contribution in [0.4, 0.5) is 5.82 Å². The first kappa shape index (κ1) is 14.3. The van der Waals surface area contributed by atoms with Gasteiger partial charge in [-0.15, -0.1) is 0 Å². The molecule has 0 bridgehead atoms. The molecule has 2 N–H and O–H groups in total. The monoisotopic (exact) mass is 284 g/mol. The van der Waals surface area contributed by atoms with E-state index >= 15 is 0 Å². The van der Waals surface area contributed by atoms with Gasteiger partial charge in [0.25, 0.3) is 0 Å². The summed E-state index contributed by atoms with van der Waals surface area (Å²) in [5.41, 5.74) is 8.36. The van der Waals surface area contributed by atoms with E-state index in [1.165, 1.54) is 10.9 Å². The van der Waals surface area contributed by atoms with Gasteiger partial charge in [-0.2, -0.15) is 0 Å². The molecule has 0 spiro atoms. The van der Waals surface area contributed by atoms with Crippen LogP contribution in [0.25, 0.3) is 10.9 Å². The maximum Gasteiger partial charge on any atom is 0.133 e. The molecule has 1 aliphatic heterocycles. The molecule has 0 atom stereocenters. The Labute approximate surface area is 126 Å². The van der Waals surface area contributed by atoms with Gasteiger partial charge in [-0.1, -0.05) is 18.2 Å². The van der Waals surface area contributed by atoms with Crippen molar-refractivity contribution in [2.24, 2.45) is 5.73 Å². The van der Waals surface area contributed by atoms with E-state index in [0.717, 1.165) is 43.8 Å². The number of aromatic nitrogens is 1. The first-order chi connectivity index (χ1) is 10.1. The fraction of sp³-hybridized carbons (Fsp3) is 0.471. The molecule has 1 aliphatic rings. The van der Waals surface area contributed by atoms with Crippen molar-refractivity contribution in [3.05, 3.63) is 35.9 Å². The smallest absolute Gasteiger partial charge is 0.133 e. The van der Waals surface area contributed by atoms with E-state index in [9.17, 15) is 0 Å². The molecule has 4 nitrogen and oxygen atoms in total. The summed E-state index contributed by atoms with van der Waals surface area (Å²) in [5, 5.41) is 1.21. The Balaban J connectivity index is 1.90. The average Bonchev–Trinajstić information content (AvgIpc) is 2.48. The van der Waals surface area contributed by atoms with E-state index in [2.05, 4.69) is 48.2 Å². The van der Waals surface area contributed by atoms with Gasteiger partial charge in [0, 0.05) is 37.6 Å². The lowest BCUT2D eigenvalue weighted by Gasteiger charge is -2.31. The number of rotatable bonds is 3. The maximum absolute atomic E-state index is 6.00. The first-order valence-electron chi connectivity index (χ1n) is 7.67. The van der Waals surface area contributed by atoms with E-state index < -0.39 is 0 Å². The van der Waals surface area contributed by atoms with Crippen LogP contribution in [0.2, 0.25) is 0 Å². The molecule has 2 aromatic rings. The van der Waals surface area contributed by atoms with Crippen molar-refractivity contribution in [3.63, 3.8) is 0 Å². The highest BCUT2D eigenvalue weighted by molar-refractivity contribution is 5.81. The molecule has 3 rings (SSSR count). The fourth-order valence-electron chi connectivity index (χ4n) is 3.01. The van der Waals surface area contributed by atoms with Gasteiger partial charge in [-0.25, -0.2) is 4.98 Å². The van der Waals surface area contributed by atoms with Gasteiger partial charge in [0.2, 0.25) is 0 Å². The van der Waals surface area contributed by atoms with Gasteiger partial charge < -0.3 is 10.6 Å². The van der Waals surface area contributed by atoms with Crippen LogP contribution in [-0.4, -0.2) is 43.1 Å². The Morgan fingerprint density at radius 1 is 1.24 bits per heavy atom. The number of para-hydroxylation sites is 1. The van der Waals surface area contributed by atoms with Crippen LogP contribution < -0.4 is 10.6 Å². The Morgan fingerprint density at radius 2 is 1.95 bits per heavy atom. The van der Waals surface area contributed by atoms with Crippen LogP contribution in [0.1, 0.15) is 18.4 Å². The van der Waals surface area contributed by atoms with Crippen LogP contribution in [0.3, 0.4) is 0 Å². The molecule has 0 aliphatic carbocycles. The second-order valence-electron chi connectivity index (χ2n) is 6.17. The second-order valence-corrected chi connectivity index (χ2v) is 6.17. The standard InChI is InChI=1S/C17H24N4/c1-20(2)17-14(12-21-9-7-15(18)8-10-21)11-13-5-3-4-6-16(13)19-17/h3-6,11,15H,7-10,12,18H2,1-2H3. The summed E-state index contributed by atoms with van der Waals surface area (Å²) >= 11 is 0. The Bertz CT molecular complexity index is 615. The molecule has 21 heavy (non-hydrogen) atoms. The van der Waals surface area contributed by atoms with Crippen molar-refractivity contribution >= 4 is 16.7 Å². The number of hydrogen-bond donors (Lipinski definition) is 1. The topological polar surface area (TPSA) is 45.4 Å². The molecule has 1 saturated heterocycles. The lowest BCUT2D eigenvalue weighted by molar-refractivity contribution is 0.206. The zero-order chi connectivity index (χ0) is 14.8. The molecule has 112 valence electrons. The number of fused-ring (bicyclic) bond motifs is 1. The molecule has 0 amide bonds. The predicted molar refractivity (Wildman–Crippen MR) is 88.6 cm³/mol. The summed E-state index contributed by atoms with van der Waals surface area (Å²) in [7, 11) is 4.12. The van der Waals surface area contributed by atoms with Crippen LogP contribution in [0, 0.1) is 0 Å². The van der Waals surface area contributed by atoms with Crippen LogP contribution in [-0.2, 0) is 6.54 Å². The Morgan fingerprint density at radius 3 is 2.67 bits per heavy atom. The van der Waals surface area contributed by atoms with Gasteiger partial charge >= 0.3 is 0 Å². The third-order valence-electron chi connectivity index (χ3n) is 4.23. The van der Waals surface area contributed by atoms with Crippen LogP contribution in [0.5, 0.6) is 0 Å². The Kier molecular flexibility index (Phi) is 4.08. The van der Waals surface area contributed by atoms with Gasteiger partial charge in [0.05, 0.1) is 5.52 Å². The van der Waals surface area contributed by atoms with Crippen molar-refractivity contribution in [1.29, 1.82) is 0 Å². The number of hydrogen-bond acceptors (Lipinski definition) is 4. The lowest BCUT2D eigenvalue weighted by atomic mass is 10.0. The van der Waals surface area contributed by atoms with E-state index in [1.54, 1.807) is 0 Å². The van der Waals surface area contributed by atoms with E-state index in [-0.39, 0.29) is 0 Å². The number of nitrogens with two attached hydrogens (primary N) is 1. The molecular formula is C17H24N4. The van der Waals surface area contributed by atoms with Crippen molar-refractivity contribution in [2.75, 3.05) is 32.1 Å². The number of anilines is 1. The highest BCUT2D eigenvalue weighted by atomic mass is 15.2. The van der Waals surface area contributed by atoms with Crippen LogP contribution >= 0.6 is 0 Å². The average molecular weight is 284 g/mol. The number of pyridine rings is 1. The Hall–Kier alpha value is -1.65. The molecule has 1 fully saturated rings. The van der Waals surface area contributed by atoms with E-state index in [4.69, 9.17) is 10.7 Å². The molecule has 0 saturated carbocycles. The van der Waals surface area contributed by atoms with E-state index in [1.807, 2.05) is 6.07 Å². The van der Waals surface area contributed by atoms with Gasteiger partial charge in [-0.3, -0.25) is 4.90 Å². The number of nitrogens with zero attached hydrogens (tertiary/aromatic N) is 3. The predicted octanol–water partition coefficient (Wildman–Crippen LogP) is 2.22. The molecule has 1 aromatic heterocycles. The minimum Gasteiger partial charge on any atom is -0.362 e. The molecule has 2 heterocycles. The van der Waals surface area contributed by atoms with Crippen molar-refractivity contribution in [1.82, 2.24) is 9.88 Å². The summed E-state index contributed by atoms with van der Waals surface area (Å²) in [6.07, 6.45) is 2.19. The van der Waals surface area contributed by atoms with Gasteiger partial charge in [0.15, 0.2) is 0 Å². The van der Waals surface area contributed by atoms with Gasteiger partial charge in [0.1, 0.15) is 5.82 Å². The molecule has 0 radical (unpaired) electrons. The fourth-order valence-corrected chi connectivity index (χ4v) is 3.01. The van der Waals surface area contributed by atoms with Crippen LogP contribution in [0.15, 0.2) is 30.3 Å². The minimum absolute atomic E-state index is 0.379. The molecular weight excluding hydrogens is 260 g/mol. The minimum atomic E-state index is 0.379. The number of piperidine rings is 1. The number of benzene rings is 1.